The van der Waals surface area contributed by atoms with Crippen LogP contribution in [0.2, 0.25) is 0 Å². The highest BCUT2D eigenvalue weighted by atomic mass is 16.5. The lowest BCUT2D eigenvalue weighted by atomic mass is 10.1. The van der Waals surface area contributed by atoms with Gasteiger partial charge in [-0.25, -0.2) is 0 Å². The molecular formula is C11H12O2. The number of carbonyl (C=O) groups excluding carboxylic acids is 1. The quantitative estimate of drug-likeness (QED) is 0.511. The van der Waals surface area contributed by atoms with Crippen molar-refractivity contribution in [3.8, 4) is 5.75 Å². The molecule has 0 unspecified atom stereocenters. The summed E-state index contributed by atoms with van der Waals surface area (Å²) in [6.45, 7) is 7.00. The van der Waals surface area contributed by atoms with Gasteiger partial charge in [0.1, 0.15) is 5.75 Å². The molecule has 0 saturated carbocycles. The van der Waals surface area contributed by atoms with Crippen LogP contribution in [0.3, 0.4) is 0 Å². The molecule has 0 N–H and O–H groups in total. The Kier molecular flexibility index (Phi) is 2.85. The fourth-order valence-electron chi connectivity index (χ4n) is 1.16. The number of rotatable bonds is 2. The molecule has 0 radical (unpaired) electrons. The normalized spacial score (nSPS) is 9.38. The highest BCUT2D eigenvalue weighted by molar-refractivity contribution is 5.72. The van der Waals surface area contributed by atoms with Crippen molar-refractivity contribution in [2.24, 2.45) is 0 Å². The minimum Gasteiger partial charge on any atom is -0.426 e. The molecule has 13 heavy (non-hydrogen) atoms. The molecule has 1 aromatic rings. The molecule has 0 aliphatic carbocycles. The van der Waals surface area contributed by atoms with Crippen molar-refractivity contribution in [2.45, 2.75) is 13.8 Å². The first-order valence-electron chi connectivity index (χ1n) is 4.05. The van der Waals surface area contributed by atoms with Crippen LogP contribution in [0.1, 0.15) is 18.1 Å². The van der Waals surface area contributed by atoms with Gasteiger partial charge in [0.05, 0.1) is 0 Å². The molecule has 0 heterocycles. The molecule has 0 aromatic heterocycles. The maximum absolute atomic E-state index is 10.7. The third-order valence-corrected chi connectivity index (χ3v) is 1.74. The van der Waals surface area contributed by atoms with Gasteiger partial charge in [-0.05, 0) is 18.6 Å². The highest BCUT2D eigenvalue weighted by Gasteiger charge is 2.04. The lowest BCUT2D eigenvalue weighted by Crippen LogP contribution is -2.03. The fourth-order valence-corrected chi connectivity index (χ4v) is 1.16. The van der Waals surface area contributed by atoms with Gasteiger partial charge in [-0.1, -0.05) is 24.8 Å². The van der Waals surface area contributed by atoms with E-state index in [0.717, 1.165) is 11.1 Å². The second kappa shape index (κ2) is 3.90. The number of ether oxygens (including phenoxy) is 1. The minimum atomic E-state index is -0.311. The molecule has 0 amide bonds. The van der Waals surface area contributed by atoms with E-state index in [4.69, 9.17) is 4.74 Å². The maximum atomic E-state index is 10.7. The summed E-state index contributed by atoms with van der Waals surface area (Å²) in [5, 5.41) is 0. The standard InChI is InChI=1S/C11H12O2/c1-4-10-8(2)6-5-7-11(10)13-9(3)12/h4-7H,1H2,2-3H3. The van der Waals surface area contributed by atoms with Crippen LogP contribution in [-0.2, 0) is 4.79 Å². The van der Waals surface area contributed by atoms with Crippen molar-refractivity contribution >= 4 is 12.0 Å². The average Bonchev–Trinajstić information content (AvgIpc) is 2.03. The Morgan fingerprint density at radius 3 is 2.77 bits per heavy atom. The zero-order chi connectivity index (χ0) is 9.84. The first kappa shape index (κ1) is 9.52. The summed E-state index contributed by atoms with van der Waals surface area (Å²) >= 11 is 0. The summed E-state index contributed by atoms with van der Waals surface area (Å²) in [6, 6.07) is 5.55. The molecule has 0 saturated heterocycles. The summed E-state index contributed by atoms with van der Waals surface area (Å²) in [7, 11) is 0. The minimum absolute atomic E-state index is 0.311. The molecular weight excluding hydrogens is 164 g/mol. The van der Waals surface area contributed by atoms with Crippen molar-refractivity contribution < 1.29 is 9.53 Å². The Balaban J connectivity index is 3.12. The number of hydrogen-bond acceptors (Lipinski definition) is 2. The lowest BCUT2D eigenvalue weighted by Gasteiger charge is -2.07. The van der Waals surface area contributed by atoms with Gasteiger partial charge in [-0.3, -0.25) is 4.79 Å². The topological polar surface area (TPSA) is 26.3 Å². The van der Waals surface area contributed by atoms with Crippen molar-refractivity contribution in [2.75, 3.05) is 0 Å². The van der Waals surface area contributed by atoms with Crippen molar-refractivity contribution in [1.29, 1.82) is 0 Å². The lowest BCUT2D eigenvalue weighted by molar-refractivity contribution is -0.131. The third kappa shape index (κ3) is 2.18. The largest absolute Gasteiger partial charge is 0.426 e. The Hall–Kier alpha value is -1.57. The van der Waals surface area contributed by atoms with E-state index in [1.54, 1.807) is 12.1 Å². The Labute approximate surface area is 77.8 Å². The van der Waals surface area contributed by atoms with Crippen molar-refractivity contribution in [3.63, 3.8) is 0 Å². The molecule has 0 spiro atoms. The summed E-state index contributed by atoms with van der Waals surface area (Å²) in [5.74, 6) is 0.260. The Morgan fingerprint density at radius 1 is 1.54 bits per heavy atom. The van der Waals surface area contributed by atoms with Gasteiger partial charge in [-0.15, -0.1) is 0 Å². The van der Waals surface area contributed by atoms with Crippen LogP contribution in [0.4, 0.5) is 0 Å². The predicted molar refractivity (Wildman–Crippen MR) is 52.6 cm³/mol. The zero-order valence-electron chi connectivity index (χ0n) is 7.83. The van der Waals surface area contributed by atoms with Crippen LogP contribution >= 0.6 is 0 Å². The van der Waals surface area contributed by atoms with Gasteiger partial charge in [0.2, 0.25) is 0 Å². The molecule has 68 valence electrons. The van der Waals surface area contributed by atoms with Crippen LogP contribution in [0.25, 0.3) is 6.08 Å². The van der Waals surface area contributed by atoms with Gasteiger partial charge in [0.25, 0.3) is 0 Å². The highest BCUT2D eigenvalue weighted by Crippen LogP contribution is 2.22. The fraction of sp³-hybridized carbons (Fsp3) is 0.182. The molecule has 1 rings (SSSR count). The number of esters is 1. The maximum Gasteiger partial charge on any atom is 0.308 e. The summed E-state index contributed by atoms with van der Waals surface area (Å²) in [5.41, 5.74) is 1.92. The van der Waals surface area contributed by atoms with Gasteiger partial charge in [0.15, 0.2) is 0 Å². The van der Waals surface area contributed by atoms with Gasteiger partial charge in [0, 0.05) is 12.5 Å². The van der Waals surface area contributed by atoms with Crippen molar-refractivity contribution in [3.05, 3.63) is 35.9 Å². The van der Waals surface area contributed by atoms with E-state index in [9.17, 15) is 4.79 Å². The van der Waals surface area contributed by atoms with E-state index in [1.165, 1.54) is 6.92 Å². The molecule has 0 bridgehead atoms. The number of benzene rings is 1. The van der Waals surface area contributed by atoms with Crippen molar-refractivity contribution in [1.82, 2.24) is 0 Å². The zero-order valence-corrected chi connectivity index (χ0v) is 7.83. The van der Waals surface area contributed by atoms with Crippen LogP contribution in [-0.4, -0.2) is 5.97 Å². The molecule has 2 heteroatoms. The van der Waals surface area contributed by atoms with Crippen LogP contribution < -0.4 is 4.74 Å². The third-order valence-electron chi connectivity index (χ3n) is 1.74. The molecule has 0 aliphatic heterocycles. The SMILES string of the molecule is C=Cc1c(C)cccc1OC(C)=O. The van der Waals surface area contributed by atoms with E-state index in [0.29, 0.717) is 5.75 Å². The van der Waals surface area contributed by atoms with E-state index in [-0.39, 0.29) is 5.97 Å². The van der Waals surface area contributed by atoms with Gasteiger partial charge < -0.3 is 4.74 Å². The monoisotopic (exact) mass is 176 g/mol. The van der Waals surface area contributed by atoms with E-state index < -0.39 is 0 Å². The molecule has 1 aromatic carbocycles. The molecule has 0 atom stereocenters. The van der Waals surface area contributed by atoms with Crippen LogP contribution in [0, 0.1) is 6.92 Å². The Bertz CT molecular complexity index is 340. The summed E-state index contributed by atoms with van der Waals surface area (Å²) in [4.78, 5) is 10.7. The molecule has 2 nitrogen and oxygen atoms in total. The van der Waals surface area contributed by atoms with E-state index >= 15 is 0 Å². The average molecular weight is 176 g/mol. The smallest absolute Gasteiger partial charge is 0.308 e. The molecule has 0 fully saturated rings. The van der Waals surface area contributed by atoms with Gasteiger partial charge >= 0.3 is 5.97 Å². The van der Waals surface area contributed by atoms with Crippen LogP contribution in [0.5, 0.6) is 5.75 Å². The second-order valence-corrected chi connectivity index (χ2v) is 2.78. The number of carbonyl (C=O) groups is 1. The number of aryl methyl sites for hydroxylation is 1. The summed E-state index contributed by atoms with van der Waals surface area (Å²) in [6.07, 6.45) is 1.69. The summed E-state index contributed by atoms with van der Waals surface area (Å²) < 4.78 is 5.01. The van der Waals surface area contributed by atoms with Gasteiger partial charge in [-0.2, -0.15) is 0 Å². The van der Waals surface area contributed by atoms with E-state index in [1.807, 2.05) is 19.1 Å². The first-order valence-corrected chi connectivity index (χ1v) is 4.05. The van der Waals surface area contributed by atoms with Crippen LogP contribution in [0.15, 0.2) is 24.8 Å². The predicted octanol–water partition coefficient (Wildman–Crippen LogP) is 2.56. The number of hydrogen-bond donors (Lipinski definition) is 0. The first-order chi connectivity index (χ1) is 6.15. The van der Waals surface area contributed by atoms with E-state index in [2.05, 4.69) is 6.58 Å². The molecule has 0 aliphatic rings. The Morgan fingerprint density at radius 2 is 2.23 bits per heavy atom. The second-order valence-electron chi connectivity index (χ2n) is 2.78.